The molecule has 3 heteroatoms. The van der Waals surface area contributed by atoms with Crippen molar-refractivity contribution in [1.29, 1.82) is 0 Å². The second-order valence-corrected chi connectivity index (χ2v) is 5.77. The Morgan fingerprint density at radius 3 is 2.56 bits per heavy atom. The molecule has 0 unspecified atom stereocenters. The number of quaternary nitrogens is 1. The van der Waals surface area contributed by atoms with E-state index in [9.17, 15) is 4.79 Å². The van der Waals surface area contributed by atoms with Crippen molar-refractivity contribution in [2.45, 2.75) is 26.3 Å². The molecule has 0 saturated carbocycles. The fourth-order valence-electron chi connectivity index (χ4n) is 1.95. The average Bonchev–Trinajstić information content (AvgIpc) is 2.28. The van der Waals surface area contributed by atoms with E-state index in [0.717, 1.165) is 42.5 Å². The van der Waals surface area contributed by atoms with Crippen LogP contribution in [0.1, 0.15) is 25.3 Å². The van der Waals surface area contributed by atoms with Gasteiger partial charge in [-0.1, -0.05) is 25.5 Å². The Kier molecular flexibility index (Phi) is 5.35. The molecule has 0 bridgehead atoms. The number of anilines is 1. The monoisotopic (exact) mass is 249 g/mol. The summed E-state index contributed by atoms with van der Waals surface area (Å²) in [6.45, 7) is 3.90. The van der Waals surface area contributed by atoms with Gasteiger partial charge < -0.3 is 9.38 Å². The molecule has 1 aromatic carbocycles. The van der Waals surface area contributed by atoms with Gasteiger partial charge in [-0.05, 0) is 18.6 Å². The number of unbranched alkanes of at least 4 members (excludes halogenated alkanes) is 1. The summed E-state index contributed by atoms with van der Waals surface area (Å²) in [7, 11) is 6.50. The summed E-state index contributed by atoms with van der Waals surface area (Å²) < 4.78 is 0.888. The molecule has 0 atom stereocenters. The molecule has 0 N–H and O–H groups in total. The van der Waals surface area contributed by atoms with Crippen LogP contribution in [0.4, 0.5) is 5.69 Å². The van der Waals surface area contributed by atoms with Crippen LogP contribution in [0.25, 0.3) is 0 Å². The summed E-state index contributed by atoms with van der Waals surface area (Å²) in [6.07, 6.45) is 3.07. The van der Waals surface area contributed by atoms with E-state index in [1.807, 2.05) is 12.1 Å². The Bertz CT molecular complexity index is 382. The lowest BCUT2D eigenvalue weighted by Crippen LogP contribution is -2.33. The summed E-state index contributed by atoms with van der Waals surface area (Å²) in [5.41, 5.74) is 2.27. The highest BCUT2D eigenvalue weighted by Gasteiger charge is 2.10. The zero-order valence-corrected chi connectivity index (χ0v) is 12.0. The van der Waals surface area contributed by atoms with E-state index in [2.05, 4.69) is 40.2 Å². The minimum absolute atomic E-state index is 0.799. The summed E-state index contributed by atoms with van der Waals surface area (Å²) in [4.78, 5) is 12.9. The molecule has 18 heavy (non-hydrogen) atoms. The summed E-state index contributed by atoms with van der Waals surface area (Å²) in [6, 6.07) is 8.27. The van der Waals surface area contributed by atoms with Crippen molar-refractivity contribution < 1.29 is 9.28 Å². The van der Waals surface area contributed by atoms with Crippen molar-refractivity contribution in [3.8, 4) is 0 Å². The molecule has 0 radical (unpaired) electrons. The van der Waals surface area contributed by atoms with Crippen molar-refractivity contribution >= 4 is 12.1 Å². The first kappa shape index (κ1) is 14.7. The quantitative estimate of drug-likeness (QED) is 0.537. The molecular weight excluding hydrogens is 224 g/mol. The smallest absolute Gasteiger partial charge is 0.214 e. The lowest BCUT2D eigenvalue weighted by Gasteiger charge is -2.25. The molecule has 1 amide bonds. The number of amides is 1. The van der Waals surface area contributed by atoms with Crippen molar-refractivity contribution in [3.63, 3.8) is 0 Å². The number of carbonyl (C=O) groups is 1. The lowest BCUT2D eigenvalue weighted by atomic mass is 10.1. The van der Waals surface area contributed by atoms with Crippen LogP contribution in [0.15, 0.2) is 24.3 Å². The van der Waals surface area contributed by atoms with Gasteiger partial charge in [-0.3, -0.25) is 4.79 Å². The van der Waals surface area contributed by atoms with Gasteiger partial charge in [-0.15, -0.1) is 0 Å². The van der Waals surface area contributed by atoms with E-state index in [4.69, 9.17) is 0 Å². The molecule has 0 fully saturated rings. The van der Waals surface area contributed by atoms with Gasteiger partial charge in [-0.2, -0.15) is 0 Å². The molecule has 0 spiro atoms. The first-order valence-electron chi connectivity index (χ1n) is 6.57. The predicted molar refractivity (Wildman–Crippen MR) is 76.5 cm³/mol. The van der Waals surface area contributed by atoms with E-state index in [0.29, 0.717) is 0 Å². The molecule has 0 aromatic heterocycles. The maximum absolute atomic E-state index is 11.1. The predicted octanol–water partition coefficient (Wildman–Crippen LogP) is 2.66. The van der Waals surface area contributed by atoms with Gasteiger partial charge in [0.25, 0.3) is 0 Å². The van der Waals surface area contributed by atoms with Gasteiger partial charge in [0.15, 0.2) is 0 Å². The molecule has 1 aromatic rings. The maximum atomic E-state index is 11.1. The van der Waals surface area contributed by atoms with Gasteiger partial charge in [0.05, 0.1) is 21.1 Å². The Balaban J connectivity index is 2.82. The molecule has 0 aliphatic carbocycles. The first-order valence-corrected chi connectivity index (χ1v) is 6.57. The van der Waals surface area contributed by atoms with Crippen molar-refractivity contribution in [3.05, 3.63) is 29.8 Å². The minimum atomic E-state index is 0.799. The van der Waals surface area contributed by atoms with Gasteiger partial charge >= 0.3 is 0 Å². The third-order valence-electron chi connectivity index (χ3n) is 2.78. The van der Waals surface area contributed by atoms with Crippen LogP contribution in [-0.4, -0.2) is 38.6 Å². The molecule has 100 valence electrons. The second-order valence-electron chi connectivity index (χ2n) is 5.77. The van der Waals surface area contributed by atoms with Gasteiger partial charge in [0.2, 0.25) is 6.41 Å². The van der Waals surface area contributed by atoms with Crippen LogP contribution in [-0.2, 0) is 11.3 Å². The van der Waals surface area contributed by atoms with E-state index in [1.165, 1.54) is 5.56 Å². The molecule has 0 heterocycles. The van der Waals surface area contributed by atoms with Crippen molar-refractivity contribution in [1.82, 2.24) is 0 Å². The molecule has 3 nitrogen and oxygen atoms in total. The molecule has 0 saturated heterocycles. The van der Waals surface area contributed by atoms with Crippen LogP contribution in [0.2, 0.25) is 0 Å². The van der Waals surface area contributed by atoms with Crippen LogP contribution in [0, 0.1) is 0 Å². The molecule has 0 aliphatic heterocycles. The largest absolute Gasteiger partial charge is 0.327 e. The number of hydrogen-bond acceptors (Lipinski definition) is 1. The second kappa shape index (κ2) is 6.55. The van der Waals surface area contributed by atoms with E-state index >= 15 is 0 Å². The van der Waals surface area contributed by atoms with E-state index < -0.39 is 0 Å². The fourth-order valence-corrected chi connectivity index (χ4v) is 1.95. The molecular formula is C15H25N2O+. The Hall–Kier alpha value is -1.35. The Morgan fingerprint density at radius 2 is 2.00 bits per heavy atom. The Morgan fingerprint density at radius 1 is 1.28 bits per heavy atom. The highest BCUT2D eigenvalue weighted by molar-refractivity contribution is 5.75. The van der Waals surface area contributed by atoms with Crippen LogP contribution >= 0.6 is 0 Å². The molecule has 1 rings (SSSR count). The third kappa shape index (κ3) is 4.88. The number of hydrogen-bond donors (Lipinski definition) is 0. The average molecular weight is 249 g/mol. The normalized spacial score (nSPS) is 11.3. The zero-order valence-electron chi connectivity index (χ0n) is 12.0. The maximum Gasteiger partial charge on any atom is 0.214 e. The van der Waals surface area contributed by atoms with Gasteiger partial charge in [-0.25, -0.2) is 0 Å². The SMILES string of the molecule is CCCCN(C=O)c1cccc(C[N+](C)(C)C)c1. The number of rotatable bonds is 7. The summed E-state index contributed by atoms with van der Waals surface area (Å²) in [5.74, 6) is 0. The topological polar surface area (TPSA) is 20.3 Å². The third-order valence-corrected chi connectivity index (χ3v) is 2.78. The summed E-state index contributed by atoms with van der Waals surface area (Å²) in [5, 5.41) is 0. The number of nitrogens with zero attached hydrogens (tertiary/aromatic N) is 2. The van der Waals surface area contributed by atoms with Crippen LogP contribution in [0.5, 0.6) is 0 Å². The highest BCUT2D eigenvalue weighted by Crippen LogP contribution is 2.17. The Labute approximate surface area is 111 Å². The van der Waals surface area contributed by atoms with Gasteiger partial charge in [0.1, 0.15) is 6.54 Å². The summed E-state index contributed by atoms with van der Waals surface area (Å²) >= 11 is 0. The fraction of sp³-hybridized carbons (Fsp3) is 0.533. The van der Waals surface area contributed by atoms with Crippen LogP contribution in [0.3, 0.4) is 0 Å². The number of carbonyl (C=O) groups excluding carboxylic acids is 1. The molecule has 0 aliphatic rings. The van der Waals surface area contributed by atoms with Gasteiger partial charge in [0, 0.05) is 17.8 Å². The highest BCUT2D eigenvalue weighted by atomic mass is 16.1. The van der Waals surface area contributed by atoms with Crippen LogP contribution < -0.4 is 4.90 Å². The van der Waals surface area contributed by atoms with Crippen molar-refractivity contribution in [2.24, 2.45) is 0 Å². The number of benzene rings is 1. The lowest BCUT2D eigenvalue weighted by molar-refractivity contribution is -0.884. The first-order chi connectivity index (χ1) is 8.46. The standard InChI is InChI=1S/C15H25N2O/c1-5-6-10-16(13-18)15-9-7-8-14(11-15)12-17(2,3)4/h7-9,11,13H,5-6,10,12H2,1-4H3/q+1. The minimum Gasteiger partial charge on any atom is -0.327 e. The van der Waals surface area contributed by atoms with E-state index in [-0.39, 0.29) is 0 Å². The van der Waals surface area contributed by atoms with Crippen molar-refractivity contribution in [2.75, 3.05) is 32.6 Å². The van der Waals surface area contributed by atoms with E-state index in [1.54, 1.807) is 4.90 Å². The zero-order chi connectivity index (χ0) is 13.6.